The number of likely N-dealkylation sites (tertiary alicyclic amines) is 1. The summed E-state index contributed by atoms with van der Waals surface area (Å²) in [6, 6.07) is 5.42. The second-order valence-corrected chi connectivity index (χ2v) is 4.12. The van der Waals surface area contributed by atoms with Gasteiger partial charge in [0.2, 0.25) is 0 Å². The van der Waals surface area contributed by atoms with Gasteiger partial charge in [-0.3, -0.25) is 4.79 Å². The second-order valence-electron chi connectivity index (χ2n) is 4.12. The van der Waals surface area contributed by atoms with Gasteiger partial charge in [-0.15, -0.1) is 0 Å². The van der Waals surface area contributed by atoms with Gasteiger partial charge in [-0.05, 0) is 18.2 Å². The predicted molar refractivity (Wildman–Crippen MR) is 64.1 cm³/mol. The first-order valence-corrected chi connectivity index (χ1v) is 5.68. The van der Waals surface area contributed by atoms with E-state index in [1.54, 1.807) is 29.3 Å². The van der Waals surface area contributed by atoms with E-state index < -0.39 is 0 Å². The van der Waals surface area contributed by atoms with Gasteiger partial charge in [-0.25, -0.2) is 9.97 Å². The fourth-order valence-electron chi connectivity index (χ4n) is 1.88. The number of rotatable bonds is 3. The van der Waals surface area contributed by atoms with Crippen molar-refractivity contribution >= 4 is 11.7 Å². The average molecular weight is 244 g/mol. The number of carbonyl (C=O) groups is 1. The van der Waals surface area contributed by atoms with Crippen molar-refractivity contribution in [2.45, 2.75) is 6.04 Å². The Balaban J connectivity index is 1.53. The van der Waals surface area contributed by atoms with Crippen LogP contribution in [0.15, 0.2) is 41.4 Å². The van der Waals surface area contributed by atoms with Crippen molar-refractivity contribution < 1.29 is 9.21 Å². The van der Waals surface area contributed by atoms with Crippen LogP contribution >= 0.6 is 0 Å². The summed E-state index contributed by atoms with van der Waals surface area (Å²) < 4.78 is 5.07. The van der Waals surface area contributed by atoms with E-state index in [4.69, 9.17) is 4.42 Å². The molecular formula is C12H12N4O2. The Bertz CT molecular complexity index is 520. The summed E-state index contributed by atoms with van der Waals surface area (Å²) in [5.74, 6) is 1.09. The normalized spacial score (nSPS) is 15.2. The molecule has 0 spiro atoms. The Morgan fingerprint density at radius 1 is 1.44 bits per heavy atom. The summed E-state index contributed by atoms with van der Waals surface area (Å²) in [7, 11) is 0. The second kappa shape index (κ2) is 4.48. The molecule has 0 aromatic carbocycles. The van der Waals surface area contributed by atoms with Crippen LogP contribution in [0.2, 0.25) is 0 Å². The number of carbonyl (C=O) groups excluding carboxylic acids is 1. The maximum Gasteiger partial charge on any atom is 0.289 e. The third-order valence-electron chi connectivity index (χ3n) is 2.83. The van der Waals surface area contributed by atoms with Crippen LogP contribution in [0.25, 0.3) is 0 Å². The van der Waals surface area contributed by atoms with E-state index in [-0.39, 0.29) is 11.9 Å². The van der Waals surface area contributed by atoms with Gasteiger partial charge < -0.3 is 14.6 Å². The number of hydrogen-bond acceptors (Lipinski definition) is 5. The van der Waals surface area contributed by atoms with Crippen LogP contribution in [0.1, 0.15) is 10.6 Å². The van der Waals surface area contributed by atoms with Crippen LogP contribution in [-0.2, 0) is 0 Å². The van der Waals surface area contributed by atoms with Crippen molar-refractivity contribution in [2.24, 2.45) is 0 Å². The number of nitrogens with zero attached hydrogens (tertiary/aromatic N) is 3. The zero-order chi connectivity index (χ0) is 12.4. The number of amides is 1. The van der Waals surface area contributed by atoms with Crippen LogP contribution in [-0.4, -0.2) is 39.9 Å². The lowest BCUT2D eigenvalue weighted by molar-refractivity contribution is 0.0592. The van der Waals surface area contributed by atoms with Crippen molar-refractivity contribution in [1.29, 1.82) is 0 Å². The molecule has 6 heteroatoms. The topological polar surface area (TPSA) is 71.3 Å². The molecule has 2 aromatic heterocycles. The Morgan fingerprint density at radius 2 is 2.33 bits per heavy atom. The Morgan fingerprint density at radius 3 is 3.00 bits per heavy atom. The molecule has 0 saturated carbocycles. The molecule has 1 saturated heterocycles. The van der Waals surface area contributed by atoms with Crippen LogP contribution in [0.5, 0.6) is 0 Å². The molecule has 18 heavy (non-hydrogen) atoms. The van der Waals surface area contributed by atoms with E-state index >= 15 is 0 Å². The van der Waals surface area contributed by atoms with Crippen LogP contribution in [0.4, 0.5) is 5.82 Å². The van der Waals surface area contributed by atoms with Crippen molar-refractivity contribution in [3.8, 4) is 0 Å². The highest BCUT2D eigenvalue weighted by molar-refractivity contribution is 5.92. The molecule has 0 atom stereocenters. The molecule has 2 aromatic rings. The molecule has 3 rings (SSSR count). The molecule has 1 N–H and O–H groups in total. The first-order valence-electron chi connectivity index (χ1n) is 5.68. The smallest absolute Gasteiger partial charge is 0.289 e. The van der Waals surface area contributed by atoms with E-state index in [1.165, 1.54) is 12.6 Å². The van der Waals surface area contributed by atoms with Gasteiger partial charge in [0.15, 0.2) is 5.76 Å². The molecule has 1 aliphatic heterocycles. The van der Waals surface area contributed by atoms with Crippen molar-refractivity contribution in [2.75, 3.05) is 18.4 Å². The third kappa shape index (κ3) is 2.04. The van der Waals surface area contributed by atoms with E-state index in [9.17, 15) is 4.79 Å². The minimum absolute atomic E-state index is 0.0688. The predicted octanol–water partition coefficient (Wildman–Crippen LogP) is 1.01. The van der Waals surface area contributed by atoms with Crippen LogP contribution in [0, 0.1) is 0 Å². The minimum atomic E-state index is -0.0688. The molecule has 1 aliphatic rings. The van der Waals surface area contributed by atoms with Gasteiger partial charge in [0.05, 0.1) is 12.3 Å². The number of anilines is 1. The Kier molecular flexibility index (Phi) is 2.68. The highest BCUT2D eigenvalue weighted by atomic mass is 16.3. The number of nitrogens with one attached hydrogen (secondary N) is 1. The molecule has 3 heterocycles. The average Bonchev–Trinajstić information content (AvgIpc) is 2.87. The quantitative estimate of drug-likeness (QED) is 0.872. The molecule has 0 unspecified atom stereocenters. The van der Waals surface area contributed by atoms with E-state index in [1.807, 2.05) is 0 Å². The summed E-state index contributed by atoms with van der Waals surface area (Å²) in [4.78, 5) is 21.5. The molecule has 6 nitrogen and oxygen atoms in total. The monoisotopic (exact) mass is 244 g/mol. The van der Waals surface area contributed by atoms with E-state index in [0.29, 0.717) is 18.8 Å². The third-order valence-corrected chi connectivity index (χ3v) is 2.83. The van der Waals surface area contributed by atoms with Gasteiger partial charge >= 0.3 is 0 Å². The first-order chi connectivity index (χ1) is 8.83. The maximum atomic E-state index is 11.9. The summed E-state index contributed by atoms with van der Waals surface area (Å²) in [5.41, 5.74) is 0. The van der Waals surface area contributed by atoms with Crippen molar-refractivity contribution in [3.05, 3.63) is 42.7 Å². The lowest BCUT2D eigenvalue weighted by atomic mass is 10.1. The van der Waals surface area contributed by atoms with Gasteiger partial charge in [-0.1, -0.05) is 0 Å². The molecule has 1 fully saturated rings. The fourth-order valence-corrected chi connectivity index (χ4v) is 1.88. The summed E-state index contributed by atoms with van der Waals surface area (Å²) >= 11 is 0. The molecule has 0 aliphatic carbocycles. The van der Waals surface area contributed by atoms with Crippen molar-refractivity contribution in [1.82, 2.24) is 14.9 Å². The zero-order valence-corrected chi connectivity index (χ0v) is 9.61. The number of furan rings is 1. The number of hydrogen-bond donors (Lipinski definition) is 1. The largest absolute Gasteiger partial charge is 0.459 e. The zero-order valence-electron chi connectivity index (χ0n) is 9.61. The SMILES string of the molecule is O=C(c1ccco1)N1CC(Nc2ccncn2)C1. The van der Waals surface area contributed by atoms with Gasteiger partial charge in [0.1, 0.15) is 12.1 Å². The highest BCUT2D eigenvalue weighted by Gasteiger charge is 2.32. The molecule has 0 bridgehead atoms. The van der Waals surface area contributed by atoms with Gasteiger partial charge in [0.25, 0.3) is 5.91 Å². The lowest BCUT2D eigenvalue weighted by Crippen LogP contribution is -2.57. The minimum Gasteiger partial charge on any atom is -0.459 e. The molecule has 0 radical (unpaired) electrons. The van der Waals surface area contributed by atoms with Crippen LogP contribution < -0.4 is 5.32 Å². The summed E-state index contributed by atoms with van der Waals surface area (Å²) in [5, 5.41) is 3.23. The Labute approximate surface area is 104 Å². The van der Waals surface area contributed by atoms with E-state index in [0.717, 1.165) is 5.82 Å². The Hall–Kier alpha value is -2.37. The molecule has 1 amide bonds. The fraction of sp³-hybridized carbons (Fsp3) is 0.250. The maximum absolute atomic E-state index is 11.9. The first kappa shape index (κ1) is 10.8. The van der Waals surface area contributed by atoms with Crippen molar-refractivity contribution in [3.63, 3.8) is 0 Å². The van der Waals surface area contributed by atoms with Crippen LogP contribution in [0.3, 0.4) is 0 Å². The van der Waals surface area contributed by atoms with Gasteiger partial charge in [-0.2, -0.15) is 0 Å². The summed E-state index contributed by atoms with van der Waals surface area (Å²) in [6.07, 6.45) is 4.68. The highest BCUT2D eigenvalue weighted by Crippen LogP contribution is 2.16. The number of aromatic nitrogens is 2. The standard InChI is InChI=1S/C12H12N4O2/c17-12(10-2-1-5-18-10)16-6-9(7-16)15-11-3-4-13-8-14-11/h1-5,8-9H,6-7H2,(H,13,14,15). The molecular weight excluding hydrogens is 232 g/mol. The van der Waals surface area contributed by atoms with E-state index in [2.05, 4.69) is 15.3 Å². The summed E-state index contributed by atoms with van der Waals surface area (Å²) in [6.45, 7) is 1.31. The molecule has 92 valence electrons. The lowest BCUT2D eigenvalue weighted by Gasteiger charge is -2.39. The van der Waals surface area contributed by atoms with Gasteiger partial charge in [0, 0.05) is 19.3 Å².